The summed E-state index contributed by atoms with van der Waals surface area (Å²) in [7, 11) is 0. The fraction of sp³-hybridized carbons (Fsp3) is 0.347. The maximum atomic E-state index is 5.37. The smallest absolute Gasteiger partial charge is 0.384 e. The molecule has 0 unspecified atom stereocenters. The van der Waals surface area contributed by atoms with Gasteiger partial charge in [-0.1, -0.05) is 192 Å². The van der Waals surface area contributed by atoms with Crippen molar-refractivity contribution < 1.29 is 18.9 Å². The molecule has 0 spiro atoms. The van der Waals surface area contributed by atoms with Crippen molar-refractivity contribution >= 4 is 29.0 Å². The van der Waals surface area contributed by atoms with E-state index in [2.05, 4.69) is 239 Å². The molecule has 0 saturated heterocycles. The summed E-state index contributed by atoms with van der Waals surface area (Å²) in [5, 5.41) is 11.3. The summed E-state index contributed by atoms with van der Waals surface area (Å²) >= 11 is 0. The minimum Gasteiger partial charge on any atom is -0.384 e. The number of aliphatic imine (C=N–C) groups is 1. The molecule has 7 heteroatoms. The summed E-state index contributed by atoms with van der Waals surface area (Å²) in [6.07, 6.45) is 6.52. The fourth-order valence-corrected chi connectivity index (χ4v) is 10.9. The Morgan fingerprint density at radius 3 is 1.44 bits per heavy atom. The van der Waals surface area contributed by atoms with E-state index in [-0.39, 0.29) is 24.9 Å². The van der Waals surface area contributed by atoms with Crippen molar-refractivity contribution in [2.45, 2.75) is 150 Å². The van der Waals surface area contributed by atoms with Gasteiger partial charge in [0.25, 0.3) is 0 Å². The average Bonchev–Trinajstić information content (AvgIpc) is 3.58. The van der Waals surface area contributed by atoms with Gasteiger partial charge in [0.1, 0.15) is 0 Å². The molecule has 6 nitrogen and oxygen atoms in total. The SMILES string of the molecule is CC(C)c1[c-]cccc1.CC(C)c1cccc(C(C)C)c1N=Cc1cccc(-c2cccc3c2NCCC3)n1.CC(C)c1ccccc1[C@H](Nc1c(C(C)C)cccc1C(C)C)c1cccc(-c2cccc3c2NCCC3)n1.[Li+]. The molecule has 1 atom stereocenters. The molecule has 8 aromatic rings. The molecule has 0 aliphatic carbocycles. The number of anilines is 3. The van der Waals surface area contributed by atoms with Gasteiger partial charge >= 0.3 is 18.9 Å². The van der Waals surface area contributed by atoms with Crippen molar-refractivity contribution in [2.75, 3.05) is 29.0 Å². The number of aromatic nitrogens is 2. The van der Waals surface area contributed by atoms with Crippen molar-refractivity contribution in [3.63, 3.8) is 0 Å². The molecule has 2 aliphatic rings. The van der Waals surface area contributed by atoms with Crippen LogP contribution >= 0.6 is 0 Å². The van der Waals surface area contributed by atoms with Crippen LogP contribution in [0.1, 0.15) is 199 Å². The third kappa shape index (κ3) is 15.0. The van der Waals surface area contributed by atoms with E-state index in [1.165, 1.54) is 91.1 Å². The van der Waals surface area contributed by atoms with E-state index >= 15 is 0 Å². The third-order valence-corrected chi connectivity index (χ3v) is 15.2. The quantitative estimate of drug-likeness (QED) is 0.0575. The first kappa shape index (κ1) is 59.9. The largest absolute Gasteiger partial charge is 1.00 e. The summed E-state index contributed by atoms with van der Waals surface area (Å²) < 4.78 is 0. The van der Waals surface area contributed by atoms with E-state index in [0.717, 1.165) is 54.4 Å². The number of nitrogens with zero attached hydrogens (tertiary/aromatic N) is 3. The number of fused-ring (bicyclic) bond motifs is 2. The van der Waals surface area contributed by atoms with Crippen LogP contribution in [0.3, 0.4) is 0 Å². The van der Waals surface area contributed by atoms with E-state index < -0.39 is 0 Å². The third-order valence-electron chi connectivity index (χ3n) is 15.2. The van der Waals surface area contributed by atoms with E-state index in [1.807, 2.05) is 30.5 Å². The minimum atomic E-state index is -0.0755. The summed E-state index contributed by atoms with van der Waals surface area (Å²) in [6, 6.07) is 59.2. The Hall–Kier alpha value is -6.71. The standard InChI is InChI=1S/C36H43N3.C27H31N3.C9H11.Li/c1-23(2)27-15-7-8-16-30(27)36(39-35-28(24(3)4)17-10-18-29(35)25(5)6)33-21-11-20-32(38-33)31-19-9-13-26-14-12-22-37-34(26)31;1-18(2)22-12-7-13-23(19(3)4)27(22)29-17-21-11-6-15-25(30-21)24-14-5-9-20-10-8-16-28-26(20)24;1-8(2)9-6-4-3-5-7-9;/h7-11,13,15-21,23-25,36-37,39H,12,14,22H2,1-6H3;5-7,9,11-15,17-19,28H,8,10,16H2,1-4H3;3-6,8H,1-2H3;/q;;-1;+1/t36-;;;/m0.../s1. The molecular weight excluding hydrogens is 956 g/mol. The van der Waals surface area contributed by atoms with E-state index in [4.69, 9.17) is 15.0 Å². The number of para-hydroxylation sites is 4. The molecular formula is C72H85LiN6. The van der Waals surface area contributed by atoms with Crippen molar-refractivity contribution in [2.24, 2.45) is 4.99 Å². The van der Waals surface area contributed by atoms with Gasteiger partial charge in [0.05, 0.1) is 40.7 Å². The maximum absolute atomic E-state index is 5.37. The number of hydrogen-bond donors (Lipinski definition) is 3. The van der Waals surface area contributed by atoms with Crippen LogP contribution in [-0.2, 0) is 12.8 Å². The molecule has 2 aliphatic heterocycles. The second-order valence-corrected chi connectivity index (χ2v) is 22.9. The van der Waals surface area contributed by atoms with Crippen molar-refractivity contribution in [3.05, 3.63) is 225 Å². The average molecular weight is 1040 g/mol. The van der Waals surface area contributed by atoms with Gasteiger partial charge < -0.3 is 16.0 Å². The molecule has 0 amide bonds. The summed E-state index contributed by atoms with van der Waals surface area (Å²) in [5.41, 5.74) is 23.1. The van der Waals surface area contributed by atoms with Crippen molar-refractivity contribution in [3.8, 4) is 22.5 Å². The van der Waals surface area contributed by atoms with Gasteiger partial charge in [-0.2, -0.15) is 35.9 Å². The number of benzene rings is 6. The summed E-state index contributed by atoms with van der Waals surface area (Å²) in [6.45, 7) is 29.0. The zero-order valence-corrected chi connectivity index (χ0v) is 49.7. The Morgan fingerprint density at radius 1 is 0.468 bits per heavy atom. The minimum absolute atomic E-state index is 0. The number of nitrogens with one attached hydrogen (secondary N) is 3. The molecule has 0 saturated carbocycles. The van der Waals surface area contributed by atoms with E-state index in [0.29, 0.717) is 35.5 Å². The Bertz CT molecular complexity index is 3210. The summed E-state index contributed by atoms with van der Waals surface area (Å²) in [4.78, 5) is 15.2. The molecule has 6 aromatic carbocycles. The molecule has 0 radical (unpaired) electrons. The molecule has 0 bridgehead atoms. The Kier molecular flexibility index (Phi) is 21.6. The molecule has 0 fully saturated rings. The first-order chi connectivity index (χ1) is 37.7. The molecule has 10 rings (SSSR count). The van der Waals surface area contributed by atoms with Gasteiger partial charge in [-0.05, 0) is 130 Å². The van der Waals surface area contributed by atoms with Crippen LogP contribution in [0.15, 0.2) is 163 Å². The van der Waals surface area contributed by atoms with Crippen LogP contribution < -0.4 is 34.8 Å². The van der Waals surface area contributed by atoms with Crippen LogP contribution in [-0.4, -0.2) is 29.3 Å². The summed E-state index contributed by atoms with van der Waals surface area (Å²) in [5.74, 6) is 2.69. The molecule has 3 N–H and O–H groups in total. The molecule has 404 valence electrons. The fourth-order valence-electron chi connectivity index (χ4n) is 10.9. The zero-order valence-electron chi connectivity index (χ0n) is 49.7. The number of aryl methyl sites for hydroxylation is 2. The van der Waals surface area contributed by atoms with Crippen LogP contribution in [0, 0.1) is 6.07 Å². The predicted octanol–water partition coefficient (Wildman–Crippen LogP) is 16.4. The van der Waals surface area contributed by atoms with E-state index in [9.17, 15) is 0 Å². The van der Waals surface area contributed by atoms with Crippen LogP contribution in [0.25, 0.3) is 22.5 Å². The maximum Gasteiger partial charge on any atom is 1.00 e. The normalized spacial score (nSPS) is 13.2. The number of pyridine rings is 2. The van der Waals surface area contributed by atoms with Crippen LogP contribution in [0.4, 0.5) is 22.7 Å². The van der Waals surface area contributed by atoms with Gasteiger partial charge in [-0.15, -0.1) is 0 Å². The topological polar surface area (TPSA) is 74.2 Å². The zero-order chi connectivity index (χ0) is 55.3. The first-order valence-corrected chi connectivity index (χ1v) is 29.0. The van der Waals surface area contributed by atoms with Crippen molar-refractivity contribution in [1.82, 2.24) is 9.97 Å². The second kappa shape index (κ2) is 28.4. The Morgan fingerprint density at radius 2 is 0.937 bits per heavy atom. The van der Waals surface area contributed by atoms with Gasteiger partial charge in [0.15, 0.2) is 0 Å². The number of hydrogen-bond acceptors (Lipinski definition) is 6. The Balaban J connectivity index is 0.000000199. The first-order valence-electron chi connectivity index (χ1n) is 29.0. The molecule has 2 aromatic heterocycles. The van der Waals surface area contributed by atoms with Gasteiger partial charge in [0.2, 0.25) is 0 Å². The van der Waals surface area contributed by atoms with E-state index in [1.54, 1.807) is 0 Å². The predicted molar refractivity (Wildman–Crippen MR) is 335 cm³/mol. The van der Waals surface area contributed by atoms with Crippen LogP contribution in [0.5, 0.6) is 0 Å². The van der Waals surface area contributed by atoms with Crippen molar-refractivity contribution in [1.29, 1.82) is 0 Å². The van der Waals surface area contributed by atoms with Crippen LogP contribution in [0.2, 0.25) is 0 Å². The van der Waals surface area contributed by atoms with Gasteiger partial charge in [0, 0.05) is 41.3 Å². The monoisotopic (exact) mass is 1040 g/mol. The van der Waals surface area contributed by atoms with Gasteiger partial charge in [-0.25, -0.2) is 4.98 Å². The Labute approximate surface area is 487 Å². The second-order valence-electron chi connectivity index (χ2n) is 22.9. The molecule has 4 heterocycles. The number of rotatable bonds is 14. The molecule has 79 heavy (non-hydrogen) atoms. The van der Waals surface area contributed by atoms with Gasteiger partial charge in [-0.3, -0.25) is 9.98 Å².